The summed E-state index contributed by atoms with van der Waals surface area (Å²) in [5.74, 6) is 0.766. The van der Waals surface area contributed by atoms with E-state index in [2.05, 4.69) is 34.3 Å². The first-order valence-corrected chi connectivity index (χ1v) is 11.3. The average Bonchev–Trinajstić information content (AvgIpc) is 3.47. The molecule has 0 amide bonds. The van der Waals surface area contributed by atoms with Crippen molar-refractivity contribution in [3.05, 3.63) is 74.3 Å². The second-order valence-corrected chi connectivity index (χ2v) is 9.07. The van der Waals surface area contributed by atoms with Crippen LogP contribution in [-0.2, 0) is 0 Å². The zero-order valence-corrected chi connectivity index (χ0v) is 17.2. The molecule has 0 saturated carbocycles. The van der Waals surface area contributed by atoms with Crippen molar-refractivity contribution in [3.63, 3.8) is 0 Å². The monoisotopic (exact) mass is 407 g/mol. The van der Waals surface area contributed by atoms with E-state index in [9.17, 15) is 4.79 Å². The van der Waals surface area contributed by atoms with Crippen LogP contribution in [0.1, 0.15) is 42.6 Å². The van der Waals surface area contributed by atoms with Crippen molar-refractivity contribution in [1.29, 1.82) is 0 Å². The van der Waals surface area contributed by atoms with E-state index in [1.165, 1.54) is 11.3 Å². The molecule has 2 atom stereocenters. The van der Waals surface area contributed by atoms with Gasteiger partial charge >= 0.3 is 0 Å². The first kappa shape index (κ1) is 17.8. The molecule has 28 heavy (non-hydrogen) atoms. The molecule has 0 bridgehead atoms. The molecule has 1 N–H and O–H groups in total. The van der Waals surface area contributed by atoms with Gasteiger partial charge in [-0.25, -0.2) is 4.98 Å². The molecule has 1 aliphatic rings. The van der Waals surface area contributed by atoms with Crippen molar-refractivity contribution < 1.29 is 0 Å². The third-order valence-corrected chi connectivity index (χ3v) is 7.45. The summed E-state index contributed by atoms with van der Waals surface area (Å²) in [7, 11) is 0. The topological polar surface area (TPSA) is 49.0 Å². The Morgan fingerprint density at radius 2 is 2.04 bits per heavy atom. The van der Waals surface area contributed by atoms with Gasteiger partial charge in [0.25, 0.3) is 5.56 Å². The Balaban J connectivity index is 1.53. The Morgan fingerprint density at radius 1 is 1.18 bits per heavy atom. The van der Waals surface area contributed by atoms with Gasteiger partial charge in [-0.15, -0.1) is 22.7 Å². The van der Waals surface area contributed by atoms with Gasteiger partial charge in [-0.05, 0) is 43.3 Å². The van der Waals surface area contributed by atoms with Crippen LogP contribution in [-0.4, -0.2) is 21.4 Å². The molecule has 4 aromatic rings. The highest BCUT2D eigenvalue weighted by Crippen LogP contribution is 2.40. The normalized spacial score (nSPS) is 18.7. The van der Waals surface area contributed by atoms with Crippen molar-refractivity contribution in [2.75, 3.05) is 6.54 Å². The lowest BCUT2D eigenvalue weighted by Crippen LogP contribution is -2.29. The molecule has 1 aromatic carbocycles. The predicted octanol–water partition coefficient (Wildman–Crippen LogP) is 5.61. The van der Waals surface area contributed by atoms with Gasteiger partial charge in [0.15, 0.2) is 0 Å². The number of benzene rings is 1. The fourth-order valence-electron chi connectivity index (χ4n) is 4.19. The summed E-state index contributed by atoms with van der Waals surface area (Å²) in [6.45, 7) is 3.19. The van der Waals surface area contributed by atoms with E-state index in [1.807, 2.05) is 47.0 Å². The number of aromatic amines is 1. The van der Waals surface area contributed by atoms with E-state index in [4.69, 9.17) is 4.98 Å². The van der Waals surface area contributed by atoms with Crippen LogP contribution < -0.4 is 5.56 Å². The number of hydrogen-bond donors (Lipinski definition) is 1. The van der Waals surface area contributed by atoms with Gasteiger partial charge in [-0.3, -0.25) is 9.69 Å². The second-order valence-electron chi connectivity index (χ2n) is 7.23. The number of nitrogens with one attached hydrogen (secondary N) is 1. The lowest BCUT2D eigenvalue weighted by Gasteiger charge is -2.29. The van der Waals surface area contributed by atoms with Crippen LogP contribution in [0.4, 0.5) is 0 Å². The van der Waals surface area contributed by atoms with Crippen molar-refractivity contribution >= 4 is 32.9 Å². The SMILES string of the molecule is C[C@H](c1nc2scc(-c3ccccc3)c2c(=O)[nH]1)N1CCC[C@H]1c1cccs1. The lowest BCUT2D eigenvalue weighted by atomic mass is 10.1. The van der Waals surface area contributed by atoms with Crippen LogP contribution in [0, 0.1) is 0 Å². The molecular weight excluding hydrogens is 386 g/mol. The maximum absolute atomic E-state index is 13.0. The van der Waals surface area contributed by atoms with E-state index < -0.39 is 0 Å². The molecule has 3 aromatic heterocycles. The van der Waals surface area contributed by atoms with E-state index >= 15 is 0 Å². The summed E-state index contributed by atoms with van der Waals surface area (Å²) in [6.07, 6.45) is 2.34. The molecule has 0 spiro atoms. The van der Waals surface area contributed by atoms with Gasteiger partial charge in [0, 0.05) is 21.9 Å². The quantitative estimate of drug-likeness (QED) is 0.478. The number of fused-ring (bicyclic) bond motifs is 1. The van der Waals surface area contributed by atoms with Crippen LogP contribution in [0.15, 0.2) is 58.0 Å². The Kier molecular flexibility index (Phi) is 4.62. The second kappa shape index (κ2) is 7.28. The number of likely N-dealkylation sites (tertiary alicyclic amines) is 1. The van der Waals surface area contributed by atoms with Gasteiger partial charge in [0.2, 0.25) is 0 Å². The maximum atomic E-state index is 13.0. The van der Waals surface area contributed by atoms with E-state index in [0.717, 1.165) is 34.7 Å². The van der Waals surface area contributed by atoms with E-state index in [1.54, 1.807) is 11.3 Å². The van der Waals surface area contributed by atoms with E-state index in [-0.39, 0.29) is 11.6 Å². The predicted molar refractivity (Wildman–Crippen MR) is 117 cm³/mol. The Morgan fingerprint density at radius 3 is 2.82 bits per heavy atom. The number of H-pyrrole nitrogens is 1. The Hall–Kier alpha value is -2.28. The van der Waals surface area contributed by atoms with Gasteiger partial charge in [0.05, 0.1) is 11.4 Å². The molecule has 4 heterocycles. The fourth-order valence-corrected chi connectivity index (χ4v) is 6.03. The van der Waals surface area contributed by atoms with Crippen molar-refractivity contribution in [2.45, 2.75) is 31.8 Å². The summed E-state index contributed by atoms with van der Waals surface area (Å²) >= 11 is 3.36. The molecule has 4 nitrogen and oxygen atoms in total. The molecule has 5 rings (SSSR count). The third kappa shape index (κ3) is 3.02. The molecule has 0 unspecified atom stereocenters. The highest BCUT2D eigenvalue weighted by atomic mass is 32.1. The zero-order chi connectivity index (χ0) is 19.1. The molecule has 0 radical (unpaired) electrons. The number of aromatic nitrogens is 2. The van der Waals surface area contributed by atoms with Crippen LogP contribution in [0.2, 0.25) is 0 Å². The number of nitrogens with zero attached hydrogens (tertiary/aromatic N) is 2. The van der Waals surface area contributed by atoms with Crippen LogP contribution in [0.25, 0.3) is 21.3 Å². The minimum absolute atomic E-state index is 0.0428. The number of hydrogen-bond acceptors (Lipinski definition) is 5. The molecular formula is C22H21N3OS2. The minimum Gasteiger partial charge on any atom is -0.309 e. The standard InChI is InChI=1S/C22H21N3OS2/c1-14(25-11-5-9-17(25)18-10-6-12-27-18)20-23-21(26)19-16(13-28-22(19)24-20)15-7-3-2-4-8-15/h2-4,6-8,10,12-14,17H,5,9,11H2,1H3,(H,23,24,26)/t14-,17+/m1/s1. The first-order chi connectivity index (χ1) is 13.7. The molecule has 142 valence electrons. The average molecular weight is 408 g/mol. The number of thiophene rings is 2. The number of rotatable bonds is 4. The summed E-state index contributed by atoms with van der Waals surface area (Å²) < 4.78 is 0. The zero-order valence-electron chi connectivity index (χ0n) is 15.6. The molecule has 1 saturated heterocycles. The first-order valence-electron chi connectivity index (χ1n) is 9.58. The van der Waals surface area contributed by atoms with Gasteiger partial charge in [0.1, 0.15) is 10.7 Å². The van der Waals surface area contributed by atoms with Crippen LogP contribution in [0.3, 0.4) is 0 Å². The fraction of sp³-hybridized carbons (Fsp3) is 0.273. The van der Waals surface area contributed by atoms with Crippen LogP contribution >= 0.6 is 22.7 Å². The van der Waals surface area contributed by atoms with E-state index in [0.29, 0.717) is 11.4 Å². The Bertz CT molecular complexity index is 1150. The minimum atomic E-state index is -0.0428. The van der Waals surface area contributed by atoms with Crippen molar-refractivity contribution in [1.82, 2.24) is 14.9 Å². The highest BCUT2D eigenvalue weighted by molar-refractivity contribution is 7.17. The Labute approximate surface area is 171 Å². The largest absolute Gasteiger partial charge is 0.309 e. The molecule has 1 aliphatic heterocycles. The smallest absolute Gasteiger partial charge is 0.260 e. The summed E-state index contributed by atoms with van der Waals surface area (Å²) in [6, 6.07) is 14.9. The molecule has 0 aliphatic carbocycles. The van der Waals surface area contributed by atoms with Crippen molar-refractivity contribution in [2.24, 2.45) is 0 Å². The molecule has 6 heteroatoms. The van der Waals surface area contributed by atoms with Crippen LogP contribution in [0.5, 0.6) is 0 Å². The maximum Gasteiger partial charge on any atom is 0.260 e. The van der Waals surface area contributed by atoms with Gasteiger partial charge in [-0.2, -0.15) is 0 Å². The highest BCUT2D eigenvalue weighted by Gasteiger charge is 2.32. The van der Waals surface area contributed by atoms with Crippen molar-refractivity contribution in [3.8, 4) is 11.1 Å². The summed E-state index contributed by atoms with van der Waals surface area (Å²) in [5.41, 5.74) is 1.98. The summed E-state index contributed by atoms with van der Waals surface area (Å²) in [4.78, 5) is 25.6. The molecule has 1 fully saturated rings. The third-order valence-electron chi connectivity index (χ3n) is 5.61. The van der Waals surface area contributed by atoms with Gasteiger partial charge < -0.3 is 4.98 Å². The van der Waals surface area contributed by atoms with Gasteiger partial charge in [-0.1, -0.05) is 36.4 Å². The lowest BCUT2D eigenvalue weighted by molar-refractivity contribution is 0.189. The summed E-state index contributed by atoms with van der Waals surface area (Å²) in [5, 5.41) is 4.88.